The Morgan fingerprint density at radius 3 is 2.50 bits per heavy atom. The summed E-state index contributed by atoms with van der Waals surface area (Å²) in [5.41, 5.74) is 3.21. The van der Waals surface area contributed by atoms with Gasteiger partial charge in [0.05, 0.1) is 17.9 Å². The molecule has 11 heteroatoms. The van der Waals surface area contributed by atoms with Crippen molar-refractivity contribution in [1.29, 1.82) is 0 Å². The highest BCUT2D eigenvalue weighted by atomic mass is 19.1. The van der Waals surface area contributed by atoms with E-state index in [4.69, 9.17) is 4.74 Å². The van der Waals surface area contributed by atoms with Crippen LogP contribution in [0.3, 0.4) is 0 Å². The zero-order valence-corrected chi connectivity index (χ0v) is 26.8. The van der Waals surface area contributed by atoms with Crippen LogP contribution in [0.15, 0.2) is 60.8 Å². The highest BCUT2D eigenvalue weighted by molar-refractivity contribution is 5.89. The van der Waals surface area contributed by atoms with Crippen molar-refractivity contribution in [1.82, 2.24) is 30.2 Å². The normalized spacial score (nSPS) is 20.0. The topological polar surface area (TPSA) is 111 Å². The lowest BCUT2D eigenvalue weighted by molar-refractivity contribution is -0.140. The average molecular weight is 633 g/mol. The van der Waals surface area contributed by atoms with Crippen molar-refractivity contribution in [3.8, 4) is 17.0 Å². The molecule has 246 valence electrons. The largest absolute Gasteiger partial charge is 0.484 e. The maximum Gasteiger partial charge on any atom is 0.261 e. The van der Waals surface area contributed by atoms with Gasteiger partial charge in [-0.25, -0.2) is 4.39 Å². The van der Waals surface area contributed by atoms with Crippen LogP contribution >= 0.6 is 0 Å². The zero-order valence-electron chi connectivity index (χ0n) is 26.8. The number of halogens is 1. The second-order valence-corrected chi connectivity index (χ2v) is 12.6. The van der Waals surface area contributed by atoms with E-state index in [9.17, 15) is 18.8 Å². The Bertz CT molecular complexity index is 1450. The van der Waals surface area contributed by atoms with Crippen molar-refractivity contribution in [3.05, 3.63) is 72.2 Å². The summed E-state index contributed by atoms with van der Waals surface area (Å²) in [6.45, 7) is 7.40. The highest BCUT2D eigenvalue weighted by Gasteiger charge is 2.43. The third kappa shape index (κ3) is 8.72. The van der Waals surface area contributed by atoms with Crippen molar-refractivity contribution in [2.45, 2.75) is 64.6 Å². The minimum atomic E-state index is -0.694. The molecule has 46 heavy (non-hydrogen) atoms. The van der Waals surface area contributed by atoms with Gasteiger partial charge in [0, 0.05) is 44.7 Å². The van der Waals surface area contributed by atoms with Gasteiger partial charge in [0.2, 0.25) is 11.8 Å². The number of amides is 3. The Morgan fingerprint density at radius 2 is 1.74 bits per heavy atom. The first-order chi connectivity index (χ1) is 22.3. The van der Waals surface area contributed by atoms with Crippen LogP contribution in [0.25, 0.3) is 11.3 Å². The zero-order chi connectivity index (χ0) is 32.5. The fourth-order valence-electron chi connectivity index (χ4n) is 6.35. The number of benzene rings is 2. The number of hydrogen-bond acceptors (Lipinski definition) is 6. The van der Waals surface area contributed by atoms with Gasteiger partial charge in [0.25, 0.3) is 5.91 Å². The number of nitrogens with zero attached hydrogens (tertiary/aromatic N) is 4. The number of rotatable bonds is 8. The molecule has 2 saturated heterocycles. The summed E-state index contributed by atoms with van der Waals surface area (Å²) in [5, 5.41) is 10.5. The van der Waals surface area contributed by atoms with Crippen LogP contribution in [0.5, 0.6) is 5.75 Å². The van der Waals surface area contributed by atoms with Crippen LogP contribution in [0.4, 0.5) is 4.39 Å². The van der Waals surface area contributed by atoms with Gasteiger partial charge >= 0.3 is 0 Å². The lowest BCUT2D eigenvalue weighted by atomic mass is 10.1. The number of hydrogen-bond donors (Lipinski definition) is 2. The molecule has 2 aliphatic rings. The van der Waals surface area contributed by atoms with Crippen LogP contribution < -0.4 is 10.1 Å². The Hall–Kier alpha value is -4.25. The molecule has 0 aliphatic carbocycles. The molecule has 2 N–H and O–H groups in total. The third-order valence-electron chi connectivity index (χ3n) is 8.67. The molecule has 3 heterocycles. The first kappa shape index (κ1) is 33.1. The van der Waals surface area contributed by atoms with Crippen LogP contribution in [-0.4, -0.2) is 94.0 Å². The summed E-state index contributed by atoms with van der Waals surface area (Å²) >= 11 is 0. The fourth-order valence-corrected chi connectivity index (χ4v) is 6.35. The SMILES string of the molecule is CC(C)CC(=O)N1CCCN(Cc2cn[nH]c2-c2ccccc2)CCCCNC(=O)[C@@H]2C[C@H]1CN2C(=O)COc1ccc(F)cc1. The Balaban J connectivity index is 1.31. The molecule has 2 aromatic carbocycles. The average Bonchev–Trinajstić information content (AvgIpc) is 3.70. The first-order valence-corrected chi connectivity index (χ1v) is 16.3. The van der Waals surface area contributed by atoms with E-state index in [1.807, 2.05) is 43.1 Å². The van der Waals surface area contributed by atoms with E-state index in [0.717, 1.165) is 55.7 Å². The quantitative estimate of drug-likeness (QED) is 0.385. The summed E-state index contributed by atoms with van der Waals surface area (Å²) in [6.07, 6.45) is 5.10. The summed E-state index contributed by atoms with van der Waals surface area (Å²) in [7, 11) is 0. The van der Waals surface area contributed by atoms with Crippen LogP contribution in [0, 0.1) is 11.7 Å². The molecule has 3 amide bonds. The number of fused-ring (bicyclic) bond motifs is 2. The minimum Gasteiger partial charge on any atom is -0.484 e. The number of aromatic nitrogens is 2. The van der Waals surface area contributed by atoms with Gasteiger partial charge in [-0.3, -0.25) is 24.4 Å². The van der Waals surface area contributed by atoms with E-state index >= 15 is 0 Å². The fraction of sp³-hybridized carbons (Fsp3) is 0.486. The van der Waals surface area contributed by atoms with Crippen molar-refractivity contribution < 1.29 is 23.5 Å². The molecule has 2 aliphatic heterocycles. The minimum absolute atomic E-state index is 0.0378. The summed E-state index contributed by atoms with van der Waals surface area (Å²) in [5.74, 6) is -0.363. The molecular weight excluding hydrogens is 587 g/mol. The van der Waals surface area contributed by atoms with E-state index in [0.29, 0.717) is 31.7 Å². The van der Waals surface area contributed by atoms with Crippen LogP contribution in [-0.2, 0) is 20.9 Å². The molecule has 2 bridgehead atoms. The number of likely N-dealkylation sites (tertiary alicyclic amines) is 1. The molecule has 0 radical (unpaired) electrons. The maximum absolute atomic E-state index is 13.6. The smallest absolute Gasteiger partial charge is 0.261 e. The number of ether oxygens (including phenoxy) is 1. The molecule has 1 aromatic heterocycles. The van der Waals surface area contributed by atoms with Gasteiger partial charge < -0.3 is 19.9 Å². The molecule has 0 saturated carbocycles. The summed E-state index contributed by atoms with van der Waals surface area (Å²) in [6, 6.07) is 14.6. The van der Waals surface area contributed by atoms with Crippen molar-refractivity contribution in [2.75, 3.05) is 39.3 Å². The van der Waals surface area contributed by atoms with Gasteiger partial charge in [-0.2, -0.15) is 5.10 Å². The second kappa shape index (κ2) is 15.8. The Labute approximate surface area is 270 Å². The maximum atomic E-state index is 13.6. The molecule has 2 atom stereocenters. The number of carbonyl (C=O) groups excluding carboxylic acids is 3. The lowest BCUT2D eigenvalue weighted by Gasteiger charge is -2.31. The van der Waals surface area contributed by atoms with E-state index < -0.39 is 11.9 Å². The van der Waals surface area contributed by atoms with Crippen molar-refractivity contribution >= 4 is 17.7 Å². The molecule has 0 unspecified atom stereocenters. The Kier molecular flexibility index (Phi) is 11.4. The van der Waals surface area contributed by atoms with E-state index in [2.05, 4.69) is 32.5 Å². The molecular formula is C35H45FN6O4. The molecule has 0 spiro atoms. The van der Waals surface area contributed by atoms with Crippen molar-refractivity contribution in [2.24, 2.45) is 5.92 Å². The number of aromatic amines is 1. The van der Waals surface area contributed by atoms with Crippen molar-refractivity contribution in [3.63, 3.8) is 0 Å². The molecule has 3 aromatic rings. The predicted molar refractivity (Wildman–Crippen MR) is 173 cm³/mol. The molecule has 2 fully saturated rings. The predicted octanol–water partition coefficient (Wildman–Crippen LogP) is 4.24. The van der Waals surface area contributed by atoms with E-state index in [1.54, 1.807) is 4.90 Å². The van der Waals surface area contributed by atoms with E-state index in [1.165, 1.54) is 24.3 Å². The first-order valence-electron chi connectivity index (χ1n) is 16.3. The summed E-state index contributed by atoms with van der Waals surface area (Å²) in [4.78, 5) is 46.3. The molecule has 5 rings (SSSR count). The van der Waals surface area contributed by atoms with Gasteiger partial charge in [0.15, 0.2) is 6.61 Å². The van der Waals surface area contributed by atoms with Gasteiger partial charge in [-0.15, -0.1) is 0 Å². The van der Waals surface area contributed by atoms with Gasteiger partial charge in [-0.1, -0.05) is 44.2 Å². The van der Waals surface area contributed by atoms with Gasteiger partial charge in [0.1, 0.15) is 17.6 Å². The monoisotopic (exact) mass is 632 g/mol. The Morgan fingerprint density at radius 1 is 0.978 bits per heavy atom. The number of carbonyl (C=O) groups is 3. The third-order valence-corrected chi connectivity index (χ3v) is 8.67. The second-order valence-electron chi connectivity index (χ2n) is 12.6. The lowest BCUT2D eigenvalue weighted by Crippen LogP contribution is -2.47. The highest BCUT2D eigenvalue weighted by Crippen LogP contribution is 2.26. The van der Waals surface area contributed by atoms with Crippen LogP contribution in [0.2, 0.25) is 0 Å². The van der Waals surface area contributed by atoms with Gasteiger partial charge in [-0.05, 0) is 68.0 Å². The number of H-pyrrole nitrogens is 1. The standard InChI is InChI=1S/C35H45FN6O4/c1-25(2)19-32(43)41-18-8-17-40(22-27-21-38-39-34(27)26-9-4-3-5-10-26)16-7-6-15-37-35(45)31-20-29(41)23-42(31)33(44)24-46-30-13-11-28(36)12-14-30/h3-5,9-14,21,25,29,31H,6-8,15-20,22-24H2,1-2H3,(H,37,45)(H,38,39)/t29-,31-/m0/s1. The summed E-state index contributed by atoms with van der Waals surface area (Å²) < 4.78 is 19.0. The van der Waals surface area contributed by atoms with Crippen LogP contribution in [0.1, 0.15) is 51.5 Å². The van der Waals surface area contributed by atoms with E-state index in [-0.39, 0.29) is 42.8 Å². The molecule has 10 nitrogen and oxygen atoms in total. The number of nitrogens with one attached hydrogen (secondary N) is 2.